The molecule has 1 heterocycles. The third kappa shape index (κ3) is 2.48. The lowest BCUT2D eigenvalue weighted by Crippen LogP contribution is -2.27. The van der Waals surface area contributed by atoms with Gasteiger partial charge in [0.25, 0.3) is 0 Å². The van der Waals surface area contributed by atoms with E-state index in [2.05, 4.69) is 4.98 Å². The van der Waals surface area contributed by atoms with Crippen molar-refractivity contribution in [1.29, 1.82) is 0 Å². The molecular formula is C12H18N2O. The Kier molecular flexibility index (Phi) is 3.21. The van der Waals surface area contributed by atoms with Crippen molar-refractivity contribution in [3.05, 3.63) is 23.9 Å². The van der Waals surface area contributed by atoms with Crippen LogP contribution in [-0.2, 0) is 0 Å². The molecular weight excluding hydrogens is 188 g/mol. The van der Waals surface area contributed by atoms with E-state index in [1.165, 1.54) is 12.8 Å². The SMILES string of the molecule is Cc1ccc(OC2CCCC2CN)nc1. The first-order chi connectivity index (χ1) is 7.29. The first-order valence-electron chi connectivity index (χ1n) is 5.59. The molecule has 1 aliphatic carbocycles. The van der Waals surface area contributed by atoms with Gasteiger partial charge in [-0.05, 0) is 38.3 Å². The molecule has 1 aliphatic rings. The van der Waals surface area contributed by atoms with E-state index in [4.69, 9.17) is 10.5 Å². The Morgan fingerprint density at radius 1 is 1.47 bits per heavy atom. The molecule has 0 amide bonds. The number of nitrogens with two attached hydrogens (primary N) is 1. The van der Waals surface area contributed by atoms with Gasteiger partial charge in [-0.25, -0.2) is 4.98 Å². The summed E-state index contributed by atoms with van der Waals surface area (Å²) in [6.07, 6.45) is 5.62. The molecule has 3 heteroatoms. The van der Waals surface area contributed by atoms with Gasteiger partial charge < -0.3 is 10.5 Å². The first-order valence-corrected chi connectivity index (χ1v) is 5.59. The molecule has 0 bridgehead atoms. The number of nitrogens with zero attached hydrogens (tertiary/aromatic N) is 1. The second-order valence-corrected chi connectivity index (χ2v) is 4.26. The summed E-state index contributed by atoms with van der Waals surface area (Å²) in [5, 5.41) is 0. The predicted octanol–water partition coefficient (Wildman–Crippen LogP) is 1.90. The summed E-state index contributed by atoms with van der Waals surface area (Å²) in [6, 6.07) is 3.95. The molecule has 0 saturated heterocycles. The molecule has 0 aliphatic heterocycles. The number of ether oxygens (including phenoxy) is 1. The van der Waals surface area contributed by atoms with Crippen molar-refractivity contribution in [2.75, 3.05) is 6.54 Å². The number of hydrogen-bond donors (Lipinski definition) is 1. The molecule has 0 aromatic carbocycles. The first kappa shape index (κ1) is 10.4. The monoisotopic (exact) mass is 206 g/mol. The number of rotatable bonds is 3. The minimum atomic E-state index is 0.269. The number of pyridine rings is 1. The van der Waals surface area contributed by atoms with Gasteiger partial charge >= 0.3 is 0 Å². The predicted molar refractivity (Wildman–Crippen MR) is 59.8 cm³/mol. The Morgan fingerprint density at radius 2 is 2.33 bits per heavy atom. The van der Waals surface area contributed by atoms with E-state index in [1.807, 2.05) is 25.3 Å². The van der Waals surface area contributed by atoms with Gasteiger partial charge in [-0.2, -0.15) is 0 Å². The topological polar surface area (TPSA) is 48.1 Å². The van der Waals surface area contributed by atoms with Crippen LogP contribution in [0.5, 0.6) is 5.88 Å². The molecule has 15 heavy (non-hydrogen) atoms. The van der Waals surface area contributed by atoms with E-state index in [0.29, 0.717) is 5.92 Å². The zero-order chi connectivity index (χ0) is 10.7. The van der Waals surface area contributed by atoms with Crippen LogP contribution in [0.15, 0.2) is 18.3 Å². The van der Waals surface area contributed by atoms with E-state index < -0.39 is 0 Å². The molecule has 1 fully saturated rings. The summed E-state index contributed by atoms with van der Waals surface area (Å²) in [5.74, 6) is 1.24. The van der Waals surface area contributed by atoms with Crippen molar-refractivity contribution >= 4 is 0 Å². The van der Waals surface area contributed by atoms with Crippen molar-refractivity contribution in [2.45, 2.75) is 32.3 Å². The largest absolute Gasteiger partial charge is 0.474 e. The standard InChI is InChI=1S/C12H18N2O/c1-9-5-6-12(14-8-9)15-11-4-2-3-10(11)7-13/h5-6,8,10-11H,2-4,7,13H2,1H3. The highest BCUT2D eigenvalue weighted by atomic mass is 16.5. The Morgan fingerprint density at radius 3 is 3.00 bits per heavy atom. The maximum Gasteiger partial charge on any atom is 0.213 e. The van der Waals surface area contributed by atoms with Gasteiger partial charge in [0.1, 0.15) is 6.10 Å². The van der Waals surface area contributed by atoms with Crippen molar-refractivity contribution in [3.63, 3.8) is 0 Å². The average Bonchev–Trinajstić information content (AvgIpc) is 2.69. The van der Waals surface area contributed by atoms with Crippen LogP contribution >= 0.6 is 0 Å². The summed E-state index contributed by atoms with van der Waals surface area (Å²) < 4.78 is 5.84. The minimum absolute atomic E-state index is 0.269. The molecule has 82 valence electrons. The molecule has 2 N–H and O–H groups in total. The summed E-state index contributed by atoms with van der Waals surface area (Å²) in [6.45, 7) is 2.74. The second kappa shape index (κ2) is 4.62. The molecule has 1 saturated carbocycles. The van der Waals surface area contributed by atoms with Crippen molar-refractivity contribution in [2.24, 2.45) is 11.7 Å². The number of hydrogen-bond acceptors (Lipinski definition) is 3. The van der Waals surface area contributed by atoms with Crippen LogP contribution in [0.4, 0.5) is 0 Å². The Hall–Kier alpha value is -1.09. The Balaban J connectivity index is 1.99. The van der Waals surface area contributed by atoms with Crippen LogP contribution in [-0.4, -0.2) is 17.6 Å². The molecule has 2 atom stereocenters. The zero-order valence-corrected chi connectivity index (χ0v) is 9.15. The van der Waals surface area contributed by atoms with Crippen molar-refractivity contribution in [3.8, 4) is 5.88 Å². The van der Waals surface area contributed by atoms with E-state index in [1.54, 1.807) is 0 Å². The summed E-state index contributed by atoms with van der Waals surface area (Å²) >= 11 is 0. The van der Waals surface area contributed by atoms with Gasteiger partial charge in [-0.15, -0.1) is 0 Å². The van der Waals surface area contributed by atoms with Gasteiger partial charge in [0.05, 0.1) is 0 Å². The zero-order valence-electron chi connectivity index (χ0n) is 9.15. The lowest BCUT2D eigenvalue weighted by molar-refractivity contribution is 0.155. The van der Waals surface area contributed by atoms with E-state index in [9.17, 15) is 0 Å². The minimum Gasteiger partial charge on any atom is -0.474 e. The maximum atomic E-state index is 5.84. The summed E-state index contributed by atoms with van der Waals surface area (Å²) in [5.41, 5.74) is 6.86. The van der Waals surface area contributed by atoms with Gasteiger partial charge in [0.15, 0.2) is 0 Å². The summed E-state index contributed by atoms with van der Waals surface area (Å²) in [4.78, 5) is 4.25. The van der Waals surface area contributed by atoms with Crippen LogP contribution in [0.25, 0.3) is 0 Å². The molecule has 0 radical (unpaired) electrons. The maximum absolute atomic E-state index is 5.84. The third-order valence-corrected chi connectivity index (χ3v) is 3.05. The van der Waals surface area contributed by atoms with Crippen molar-refractivity contribution < 1.29 is 4.74 Å². The van der Waals surface area contributed by atoms with E-state index >= 15 is 0 Å². The highest BCUT2D eigenvalue weighted by Gasteiger charge is 2.27. The smallest absolute Gasteiger partial charge is 0.213 e. The fraction of sp³-hybridized carbons (Fsp3) is 0.583. The molecule has 1 aromatic rings. The van der Waals surface area contributed by atoms with Crippen LogP contribution in [0.1, 0.15) is 24.8 Å². The fourth-order valence-corrected chi connectivity index (χ4v) is 2.11. The molecule has 0 spiro atoms. The molecule has 2 unspecified atom stereocenters. The van der Waals surface area contributed by atoms with Crippen LogP contribution in [0, 0.1) is 12.8 Å². The average molecular weight is 206 g/mol. The lowest BCUT2D eigenvalue weighted by atomic mass is 10.1. The highest BCUT2D eigenvalue weighted by molar-refractivity contribution is 5.16. The van der Waals surface area contributed by atoms with E-state index in [0.717, 1.165) is 24.4 Å². The highest BCUT2D eigenvalue weighted by Crippen LogP contribution is 2.28. The Bertz CT molecular complexity index is 310. The second-order valence-electron chi connectivity index (χ2n) is 4.26. The van der Waals surface area contributed by atoms with Gasteiger partial charge in [-0.1, -0.05) is 6.07 Å². The van der Waals surface area contributed by atoms with Crippen LogP contribution < -0.4 is 10.5 Å². The lowest BCUT2D eigenvalue weighted by Gasteiger charge is -2.18. The van der Waals surface area contributed by atoms with Gasteiger partial charge in [-0.3, -0.25) is 0 Å². The third-order valence-electron chi connectivity index (χ3n) is 3.05. The van der Waals surface area contributed by atoms with Crippen LogP contribution in [0.2, 0.25) is 0 Å². The molecule has 3 nitrogen and oxygen atoms in total. The number of aryl methyl sites for hydroxylation is 1. The van der Waals surface area contributed by atoms with Gasteiger partial charge in [0, 0.05) is 18.2 Å². The summed E-state index contributed by atoms with van der Waals surface area (Å²) in [7, 11) is 0. The fourth-order valence-electron chi connectivity index (χ4n) is 2.11. The Labute approximate surface area is 90.7 Å². The van der Waals surface area contributed by atoms with E-state index in [-0.39, 0.29) is 6.10 Å². The quantitative estimate of drug-likeness (QED) is 0.821. The normalized spacial score (nSPS) is 25.5. The molecule has 1 aromatic heterocycles. The van der Waals surface area contributed by atoms with Gasteiger partial charge in [0.2, 0.25) is 5.88 Å². The molecule has 2 rings (SSSR count). The number of aromatic nitrogens is 1. The van der Waals surface area contributed by atoms with Crippen molar-refractivity contribution in [1.82, 2.24) is 4.98 Å². The van der Waals surface area contributed by atoms with Crippen LogP contribution in [0.3, 0.4) is 0 Å².